The van der Waals surface area contributed by atoms with E-state index in [9.17, 15) is 9.59 Å². The monoisotopic (exact) mass is 399 g/mol. The molecule has 1 aromatic carbocycles. The molecule has 1 amide bonds. The highest BCUT2D eigenvalue weighted by Gasteiger charge is 2.18. The predicted octanol–water partition coefficient (Wildman–Crippen LogP) is 3.92. The van der Waals surface area contributed by atoms with Crippen molar-refractivity contribution in [1.29, 1.82) is 0 Å². The predicted molar refractivity (Wildman–Crippen MR) is 111 cm³/mol. The Hall–Kier alpha value is -2.67. The first-order valence-electron chi connectivity index (χ1n) is 9.45. The highest BCUT2D eigenvalue weighted by atomic mass is 32.1. The van der Waals surface area contributed by atoms with E-state index in [-0.39, 0.29) is 18.6 Å². The minimum Gasteiger partial charge on any atom is -0.451 e. The molecule has 3 rings (SSSR count). The number of carbonyl (C=O) groups excluding carboxylic acids is 2. The summed E-state index contributed by atoms with van der Waals surface area (Å²) < 4.78 is 7.10. The molecule has 0 saturated heterocycles. The van der Waals surface area contributed by atoms with Crippen LogP contribution in [0, 0.1) is 6.92 Å². The number of hydrogen-bond donors (Lipinski definition) is 1. The largest absolute Gasteiger partial charge is 0.451 e. The van der Waals surface area contributed by atoms with Crippen molar-refractivity contribution in [1.82, 2.24) is 15.1 Å². The van der Waals surface area contributed by atoms with E-state index in [0.717, 1.165) is 34.3 Å². The van der Waals surface area contributed by atoms with Gasteiger partial charge >= 0.3 is 5.97 Å². The molecule has 148 valence electrons. The van der Waals surface area contributed by atoms with Gasteiger partial charge in [-0.2, -0.15) is 5.10 Å². The molecule has 0 radical (unpaired) electrons. The van der Waals surface area contributed by atoms with Crippen LogP contribution >= 0.6 is 11.3 Å². The molecule has 0 spiro atoms. The number of nitrogens with one attached hydrogen (secondary N) is 1. The minimum atomic E-state index is -0.481. The third-order valence-electron chi connectivity index (χ3n) is 4.45. The van der Waals surface area contributed by atoms with E-state index >= 15 is 0 Å². The Kier molecular flexibility index (Phi) is 6.46. The van der Waals surface area contributed by atoms with E-state index in [0.29, 0.717) is 11.4 Å². The summed E-state index contributed by atoms with van der Waals surface area (Å²) in [4.78, 5) is 25.7. The van der Waals surface area contributed by atoms with Crippen LogP contribution in [0.3, 0.4) is 0 Å². The number of amides is 1. The van der Waals surface area contributed by atoms with Crippen LogP contribution in [-0.2, 0) is 16.1 Å². The lowest BCUT2D eigenvalue weighted by Crippen LogP contribution is -2.35. The number of nitrogens with zero attached hydrogens (tertiary/aromatic N) is 2. The van der Waals surface area contributed by atoms with Gasteiger partial charge < -0.3 is 10.1 Å². The zero-order chi connectivity index (χ0) is 20.1. The van der Waals surface area contributed by atoms with Crippen LogP contribution in [-0.4, -0.2) is 34.3 Å². The van der Waals surface area contributed by atoms with Gasteiger partial charge in [-0.3, -0.25) is 9.48 Å². The lowest BCUT2D eigenvalue weighted by Gasteiger charge is -2.12. The average molecular weight is 400 g/mol. The second-order valence-electron chi connectivity index (χ2n) is 6.89. The molecular formula is C21H25N3O3S. The fourth-order valence-electron chi connectivity index (χ4n) is 3.10. The average Bonchev–Trinajstić information content (AvgIpc) is 3.22. The molecule has 0 fully saturated rings. The van der Waals surface area contributed by atoms with Crippen molar-refractivity contribution in [2.45, 2.75) is 46.2 Å². The number of ether oxygens (including phenoxy) is 1. The van der Waals surface area contributed by atoms with Crippen LogP contribution < -0.4 is 5.32 Å². The van der Waals surface area contributed by atoms with Crippen molar-refractivity contribution in [2.24, 2.45) is 0 Å². The molecule has 3 aromatic rings. The molecular weight excluding hydrogens is 374 g/mol. The van der Waals surface area contributed by atoms with Gasteiger partial charge in [0.15, 0.2) is 6.61 Å². The minimum absolute atomic E-state index is 0.0761. The van der Waals surface area contributed by atoms with Gasteiger partial charge in [0, 0.05) is 11.4 Å². The highest BCUT2D eigenvalue weighted by Crippen LogP contribution is 2.29. The number of hydrogen-bond acceptors (Lipinski definition) is 5. The molecule has 7 heteroatoms. The number of fused-ring (bicyclic) bond motifs is 1. The first-order chi connectivity index (χ1) is 13.5. The molecule has 6 nitrogen and oxygen atoms in total. The van der Waals surface area contributed by atoms with Crippen LogP contribution in [0.5, 0.6) is 0 Å². The zero-order valence-electron chi connectivity index (χ0n) is 16.4. The van der Waals surface area contributed by atoms with E-state index in [4.69, 9.17) is 4.74 Å². The highest BCUT2D eigenvalue weighted by molar-refractivity contribution is 7.20. The maximum atomic E-state index is 12.4. The van der Waals surface area contributed by atoms with Gasteiger partial charge in [0.25, 0.3) is 5.91 Å². The van der Waals surface area contributed by atoms with E-state index in [1.54, 1.807) is 6.07 Å². The zero-order valence-corrected chi connectivity index (χ0v) is 17.2. The summed E-state index contributed by atoms with van der Waals surface area (Å²) in [5.41, 5.74) is 2.01. The van der Waals surface area contributed by atoms with Gasteiger partial charge in [0.1, 0.15) is 9.71 Å². The molecule has 0 aliphatic rings. The Morgan fingerprint density at radius 3 is 2.75 bits per heavy atom. The second kappa shape index (κ2) is 9.01. The van der Waals surface area contributed by atoms with Crippen LogP contribution in [0.4, 0.5) is 0 Å². The second-order valence-corrected chi connectivity index (χ2v) is 7.92. The molecule has 1 N–H and O–H groups in total. The molecule has 28 heavy (non-hydrogen) atoms. The third-order valence-corrected chi connectivity index (χ3v) is 5.58. The van der Waals surface area contributed by atoms with E-state index in [1.165, 1.54) is 11.3 Å². The van der Waals surface area contributed by atoms with Crippen molar-refractivity contribution in [3.63, 3.8) is 0 Å². The van der Waals surface area contributed by atoms with Crippen LogP contribution in [0.15, 0.2) is 36.4 Å². The number of carbonyl (C=O) groups is 2. The number of esters is 1. The first-order valence-corrected chi connectivity index (χ1v) is 10.3. The van der Waals surface area contributed by atoms with Crippen LogP contribution in [0.2, 0.25) is 0 Å². The third kappa shape index (κ3) is 4.78. The molecule has 0 unspecified atom stereocenters. The Balaban J connectivity index is 1.67. The van der Waals surface area contributed by atoms with E-state index < -0.39 is 5.97 Å². The molecule has 0 saturated carbocycles. The number of thiophene rings is 1. The summed E-state index contributed by atoms with van der Waals surface area (Å²) in [6, 6.07) is 11.9. The van der Waals surface area contributed by atoms with Crippen LogP contribution in [0.1, 0.15) is 47.6 Å². The molecule has 2 aromatic heterocycles. The summed E-state index contributed by atoms with van der Waals surface area (Å²) in [6.07, 6.45) is 1.88. The van der Waals surface area contributed by atoms with Crippen molar-refractivity contribution < 1.29 is 14.3 Å². The summed E-state index contributed by atoms with van der Waals surface area (Å²) >= 11 is 1.34. The number of rotatable bonds is 8. The summed E-state index contributed by atoms with van der Waals surface area (Å²) in [7, 11) is 0. The van der Waals surface area contributed by atoms with Crippen molar-refractivity contribution in [3.05, 3.63) is 52.5 Å². The Labute approximate surface area is 168 Å². The summed E-state index contributed by atoms with van der Waals surface area (Å²) in [5, 5.41) is 8.35. The van der Waals surface area contributed by atoms with Crippen molar-refractivity contribution in [3.8, 4) is 0 Å². The molecule has 2 heterocycles. The normalized spacial score (nSPS) is 12.1. The van der Waals surface area contributed by atoms with Gasteiger partial charge in [-0.15, -0.1) is 11.3 Å². The number of benzene rings is 1. The lowest BCUT2D eigenvalue weighted by atomic mass is 10.2. The number of aromatic nitrogens is 2. The number of aryl methyl sites for hydroxylation is 1. The smallest absolute Gasteiger partial charge is 0.348 e. The van der Waals surface area contributed by atoms with E-state index in [1.807, 2.05) is 48.9 Å². The molecule has 0 bridgehead atoms. The Bertz CT molecular complexity index is 962. The summed E-state index contributed by atoms with van der Waals surface area (Å²) in [5.74, 6) is -0.757. The molecule has 0 aliphatic heterocycles. The maximum absolute atomic E-state index is 12.4. The maximum Gasteiger partial charge on any atom is 0.348 e. The lowest BCUT2D eigenvalue weighted by molar-refractivity contribution is -0.124. The first kappa shape index (κ1) is 20.1. The van der Waals surface area contributed by atoms with Gasteiger partial charge in [0.05, 0.1) is 12.2 Å². The summed E-state index contributed by atoms with van der Waals surface area (Å²) in [6.45, 7) is 6.30. The molecule has 1 atom stereocenters. The fraction of sp³-hybridized carbons (Fsp3) is 0.381. The fourth-order valence-corrected chi connectivity index (χ4v) is 4.16. The van der Waals surface area contributed by atoms with Crippen LogP contribution in [0.25, 0.3) is 10.2 Å². The SMILES string of the molecule is CCC[C@H](C)NC(=O)COC(=O)c1cc2c(C)nn(Cc3ccccc3)c2s1. The van der Waals surface area contributed by atoms with Gasteiger partial charge in [-0.05, 0) is 31.9 Å². The van der Waals surface area contributed by atoms with Gasteiger partial charge in [0.2, 0.25) is 0 Å². The quantitative estimate of drug-likeness (QED) is 0.583. The van der Waals surface area contributed by atoms with Gasteiger partial charge in [-0.1, -0.05) is 43.7 Å². The Morgan fingerprint density at radius 2 is 2.04 bits per heavy atom. The van der Waals surface area contributed by atoms with Crippen molar-refractivity contribution >= 4 is 33.4 Å². The van der Waals surface area contributed by atoms with Gasteiger partial charge in [-0.25, -0.2) is 4.79 Å². The standard InChI is InChI=1S/C21H25N3O3S/c1-4-8-14(2)22-19(25)13-27-21(26)18-11-17-15(3)23-24(20(17)28-18)12-16-9-6-5-7-10-16/h5-7,9-11,14H,4,8,12-13H2,1-3H3,(H,22,25)/t14-/m0/s1. The topological polar surface area (TPSA) is 73.2 Å². The molecule has 0 aliphatic carbocycles. The Morgan fingerprint density at radius 1 is 1.29 bits per heavy atom. The van der Waals surface area contributed by atoms with Crippen molar-refractivity contribution in [2.75, 3.05) is 6.61 Å². The van der Waals surface area contributed by atoms with E-state index in [2.05, 4.69) is 17.3 Å².